The van der Waals surface area contributed by atoms with Gasteiger partial charge in [-0.05, 0) is 18.6 Å². The Balaban J connectivity index is 2.77. The van der Waals surface area contributed by atoms with Gasteiger partial charge in [-0.15, -0.1) is 6.42 Å². The van der Waals surface area contributed by atoms with Crippen LogP contribution in [0.1, 0.15) is 22.8 Å². The van der Waals surface area contributed by atoms with Gasteiger partial charge in [-0.3, -0.25) is 10.1 Å². The molecule has 0 aliphatic rings. The van der Waals surface area contributed by atoms with Gasteiger partial charge in [-0.25, -0.2) is 0 Å². The monoisotopic (exact) mass is 202 g/mol. The lowest BCUT2D eigenvalue weighted by Crippen LogP contribution is -2.25. The summed E-state index contributed by atoms with van der Waals surface area (Å²) >= 11 is 0. The molecule has 0 heterocycles. The fourth-order valence-corrected chi connectivity index (χ4v) is 1.24. The highest BCUT2D eigenvalue weighted by atomic mass is 16.1. The van der Waals surface area contributed by atoms with Gasteiger partial charge in [0.05, 0.1) is 6.04 Å². The molecule has 1 amide bonds. The van der Waals surface area contributed by atoms with Crippen molar-refractivity contribution in [3.05, 3.63) is 35.4 Å². The van der Waals surface area contributed by atoms with E-state index in [9.17, 15) is 4.79 Å². The molecule has 3 heteroatoms. The molecule has 0 radical (unpaired) electrons. The van der Waals surface area contributed by atoms with Gasteiger partial charge in [0.2, 0.25) is 5.91 Å². The quantitative estimate of drug-likeness (QED) is 0.713. The first-order valence-electron chi connectivity index (χ1n) is 4.72. The van der Waals surface area contributed by atoms with E-state index in [2.05, 4.69) is 11.2 Å². The minimum Gasteiger partial charge on any atom is -0.366 e. The molecular weight excluding hydrogens is 188 g/mol. The minimum absolute atomic E-state index is 0.0223. The van der Waals surface area contributed by atoms with Gasteiger partial charge >= 0.3 is 0 Å². The number of carbonyl (C=O) groups is 1. The van der Waals surface area contributed by atoms with Crippen molar-refractivity contribution in [2.75, 3.05) is 0 Å². The van der Waals surface area contributed by atoms with Crippen molar-refractivity contribution in [2.45, 2.75) is 19.5 Å². The number of primary amides is 1. The fourth-order valence-electron chi connectivity index (χ4n) is 1.24. The molecule has 15 heavy (non-hydrogen) atoms. The number of nitrogens with one attached hydrogen (secondary N) is 1. The Morgan fingerprint density at radius 1 is 1.60 bits per heavy atom. The highest BCUT2D eigenvalue weighted by molar-refractivity contribution is 5.94. The number of benzene rings is 1. The van der Waals surface area contributed by atoms with E-state index in [1.54, 1.807) is 12.1 Å². The van der Waals surface area contributed by atoms with E-state index >= 15 is 0 Å². The van der Waals surface area contributed by atoms with Crippen LogP contribution in [0.2, 0.25) is 0 Å². The summed E-state index contributed by atoms with van der Waals surface area (Å²) in [5.41, 5.74) is 6.65. The van der Waals surface area contributed by atoms with Crippen molar-refractivity contribution in [1.82, 2.24) is 5.32 Å². The molecule has 1 rings (SSSR count). The topological polar surface area (TPSA) is 55.1 Å². The van der Waals surface area contributed by atoms with Crippen molar-refractivity contribution in [3.8, 4) is 12.3 Å². The maximum Gasteiger partial charge on any atom is 0.249 e. The molecule has 3 N–H and O–H groups in total. The normalized spacial score (nSPS) is 11.7. The molecule has 0 saturated heterocycles. The molecular formula is C12H14N2O. The van der Waals surface area contributed by atoms with Crippen LogP contribution in [0, 0.1) is 12.3 Å². The Hall–Kier alpha value is -1.79. The van der Waals surface area contributed by atoms with E-state index in [4.69, 9.17) is 12.2 Å². The standard InChI is InChI=1S/C12H14N2O/c1-3-9(2)14-8-10-6-4-5-7-11(10)12(13)15/h1,4-7,9,14H,8H2,2H3,(H2,13,15). The van der Waals surface area contributed by atoms with E-state index in [-0.39, 0.29) is 6.04 Å². The van der Waals surface area contributed by atoms with E-state index in [0.717, 1.165) is 5.56 Å². The first-order valence-corrected chi connectivity index (χ1v) is 4.72. The second-order valence-corrected chi connectivity index (χ2v) is 3.29. The summed E-state index contributed by atoms with van der Waals surface area (Å²) in [6.45, 7) is 2.43. The Morgan fingerprint density at radius 2 is 2.27 bits per heavy atom. The van der Waals surface area contributed by atoms with Gasteiger partial charge in [-0.1, -0.05) is 24.1 Å². The zero-order valence-corrected chi connectivity index (χ0v) is 8.66. The maximum atomic E-state index is 11.1. The maximum absolute atomic E-state index is 11.1. The average Bonchev–Trinajstić information content (AvgIpc) is 2.26. The lowest BCUT2D eigenvalue weighted by atomic mass is 10.1. The van der Waals surface area contributed by atoms with E-state index in [1.165, 1.54) is 0 Å². The smallest absolute Gasteiger partial charge is 0.249 e. The predicted molar refractivity (Wildman–Crippen MR) is 60.1 cm³/mol. The molecule has 0 aliphatic carbocycles. The zero-order chi connectivity index (χ0) is 11.3. The van der Waals surface area contributed by atoms with Crippen LogP contribution in [0.3, 0.4) is 0 Å². The molecule has 0 spiro atoms. The third-order valence-corrected chi connectivity index (χ3v) is 2.13. The molecule has 3 nitrogen and oxygen atoms in total. The van der Waals surface area contributed by atoms with Crippen LogP contribution in [0.5, 0.6) is 0 Å². The molecule has 0 saturated carbocycles. The number of nitrogens with two attached hydrogens (primary N) is 1. The second kappa shape index (κ2) is 5.18. The van der Waals surface area contributed by atoms with Crippen molar-refractivity contribution < 1.29 is 4.79 Å². The van der Waals surface area contributed by atoms with E-state index < -0.39 is 5.91 Å². The molecule has 0 aromatic heterocycles. The third kappa shape index (κ3) is 3.12. The van der Waals surface area contributed by atoms with Crippen LogP contribution in [-0.4, -0.2) is 11.9 Å². The summed E-state index contributed by atoms with van der Waals surface area (Å²) in [5, 5.41) is 3.10. The second-order valence-electron chi connectivity index (χ2n) is 3.29. The summed E-state index contributed by atoms with van der Waals surface area (Å²) in [6, 6.07) is 7.19. The Labute approximate surface area is 89.7 Å². The summed E-state index contributed by atoms with van der Waals surface area (Å²) < 4.78 is 0. The lowest BCUT2D eigenvalue weighted by Gasteiger charge is -2.09. The van der Waals surface area contributed by atoms with Gasteiger partial charge in [0.15, 0.2) is 0 Å². The molecule has 1 atom stereocenters. The number of terminal acetylenes is 1. The number of rotatable bonds is 4. The number of hydrogen-bond acceptors (Lipinski definition) is 2. The van der Waals surface area contributed by atoms with Crippen molar-refractivity contribution in [3.63, 3.8) is 0 Å². The number of amides is 1. The summed E-state index contributed by atoms with van der Waals surface area (Å²) in [4.78, 5) is 11.1. The van der Waals surface area contributed by atoms with Gasteiger partial charge < -0.3 is 5.73 Å². The van der Waals surface area contributed by atoms with Gasteiger partial charge in [0, 0.05) is 12.1 Å². The molecule has 1 aromatic rings. The number of hydrogen-bond donors (Lipinski definition) is 2. The highest BCUT2D eigenvalue weighted by Crippen LogP contribution is 2.07. The van der Waals surface area contributed by atoms with Crippen molar-refractivity contribution in [1.29, 1.82) is 0 Å². The van der Waals surface area contributed by atoms with Crippen LogP contribution >= 0.6 is 0 Å². The Bertz CT molecular complexity index is 393. The molecule has 0 bridgehead atoms. The lowest BCUT2D eigenvalue weighted by molar-refractivity contribution is 0.0999. The average molecular weight is 202 g/mol. The Kier molecular flexibility index (Phi) is 3.90. The fraction of sp³-hybridized carbons (Fsp3) is 0.250. The SMILES string of the molecule is C#CC(C)NCc1ccccc1C(N)=O. The zero-order valence-electron chi connectivity index (χ0n) is 8.66. The van der Waals surface area contributed by atoms with Crippen molar-refractivity contribution >= 4 is 5.91 Å². The van der Waals surface area contributed by atoms with Crippen LogP contribution < -0.4 is 11.1 Å². The predicted octanol–water partition coefficient (Wildman–Crippen LogP) is 0.897. The molecule has 0 aliphatic heterocycles. The van der Waals surface area contributed by atoms with Gasteiger partial charge in [0.1, 0.15) is 0 Å². The van der Waals surface area contributed by atoms with Gasteiger partial charge in [0.25, 0.3) is 0 Å². The van der Waals surface area contributed by atoms with E-state index in [0.29, 0.717) is 12.1 Å². The van der Waals surface area contributed by atoms with Crippen LogP contribution in [-0.2, 0) is 6.54 Å². The minimum atomic E-state index is -0.416. The molecule has 1 aromatic carbocycles. The van der Waals surface area contributed by atoms with E-state index in [1.807, 2.05) is 19.1 Å². The summed E-state index contributed by atoms with van der Waals surface area (Å²) in [5.74, 6) is 2.14. The first-order chi connectivity index (χ1) is 7.15. The number of carbonyl (C=O) groups excluding carboxylic acids is 1. The summed E-state index contributed by atoms with van der Waals surface area (Å²) in [6.07, 6.45) is 5.23. The highest BCUT2D eigenvalue weighted by Gasteiger charge is 2.06. The molecule has 78 valence electrons. The summed E-state index contributed by atoms with van der Waals surface area (Å²) in [7, 11) is 0. The van der Waals surface area contributed by atoms with Crippen LogP contribution in [0.4, 0.5) is 0 Å². The van der Waals surface area contributed by atoms with Crippen LogP contribution in [0.15, 0.2) is 24.3 Å². The van der Waals surface area contributed by atoms with Crippen LogP contribution in [0.25, 0.3) is 0 Å². The third-order valence-electron chi connectivity index (χ3n) is 2.13. The molecule has 0 fully saturated rings. The first kappa shape index (κ1) is 11.3. The Morgan fingerprint density at radius 3 is 2.87 bits per heavy atom. The van der Waals surface area contributed by atoms with Gasteiger partial charge in [-0.2, -0.15) is 0 Å². The van der Waals surface area contributed by atoms with Crippen molar-refractivity contribution in [2.24, 2.45) is 5.73 Å². The largest absolute Gasteiger partial charge is 0.366 e. The molecule has 1 unspecified atom stereocenters.